The first-order valence-corrected chi connectivity index (χ1v) is 13.7. The maximum Gasteiger partial charge on any atom is 0.335 e. The fraction of sp³-hybridized carbons (Fsp3) is 0.355. The van der Waals surface area contributed by atoms with Crippen LogP contribution in [0.2, 0.25) is 0 Å². The van der Waals surface area contributed by atoms with Gasteiger partial charge in [0.1, 0.15) is 18.2 Å². The molecule has 0 amide bonds. The molecule has 0 radical (unpaired) electrons. The van der Waals surface area contributed by atoms with Crippen molar-refractivity contribution in [3.8, 4) is 5.75 Å². The fourth-order valence-corrected chi connectivity index (χ4v) is 5.63. The van der Waals surface area contributed by atoms with Gasteiger partial charge in [0, 0.05) is 17.7 Å². The number of carbonyl (C=O) groups is 1. The van der Waals surface area contributed by atoms with Gasteiger partial charge in [-0.1, -0.05) is 30.3 Å². The Morgan fingerprint density at radius 1 is 1.02 bits per heavy atom. The molecule has 2 fully saturated rings. The van der Waals surface area contributed by atoms with E-state index >= 15 is 0 Å². The van der Waals surface area contributed by atoms with Crippen LogP contribution < -0.4 is 4.74 Å². The fourth-order valence-electron chi connectivity index (χ4n) is 5.63. The summed E-state index contributed by atoms with van der Waals surface area (Å²) in [6, 6.07) is 16.4. The van der Waals surface area contributed by atoms with Gasteiger partial charge < -0.3 is 19.1 Å². The Morgan fingerprint density at radius 3 is 2.52 bits per heavy atom. The Labute approximate surface area is 231 Å². The van der Waals surface area contributed by atoms with Crippen LogP contribution in [-0.2, 0) is 24.4 Å². The zero-order chi connectivity index (χ0) is 27.6. The van der Waals surface area contributed by atoms with E-state index in [1.54, 1.807) is 42.5 Å². The number of fused-ring (bicyclic) bond motifs is 1. The summed E-state index contributed by atoms with van der Waals surface area (Å²) >= 11 is 0. The van der Waals surface area contributed by atoms with Gasteiger partial charge in [0.25, 0.3) is 0 Å². The van der Waals surface area contributed by atoms with Crippen molar-refractivity contribution in [1.29, 1.82) is 0 Å². The molecule has 2 aliphatic rings. The van der Waals surface area contributed by atoms with Crippen molar-refractivity contribution in [2.24, 2.45) is 0 Å². The summed E-state index contributed by atoms with van der Waals surface area (Å²) in [5.74, 6) is -0.589. The topological polar surface area (TPSA) is 76.8 Å². The molecule has 3 aromatic carbocycles. The molecule has 1 N–H and O–H groups in total. The number of aromatic carboxylic acids is 1. The summed E-state index contributed by atoms with van der Waals surface area (Å²) < 4.78 is 42.6. The van der Waals surface area contributed by atoms with Crippen molar-refractivity contribution in [3.05, 3.63) is 94.8 Å². The number of benzene rings is 3. The SMILES string of the molecule is O=C(O)c1ccc2nc(CN3CCC(c4cccc(F)c4OCc4ccccc4F)CC3)n(C[C@@H]3CCO3)c2c1. The summed E-state index contributed by atoms with van der Waals surface area (Å²) in [5, 5.41) is 9.49. The van der Waals surface area contributed by atoms with Crippen molar-refractivity contribution >= 4 is 17.0 Å². The summed E-state index contributed by atoms with van der Waals surface area (Å²) in [4.78, 5) is 18.8. The Balaban J connectivity index is 1.16. The van der Waals surface area contributed by atoms with Crippen LogP contribution in [0.3, 0.4) is 0 Å². The van der Waals surface area contributed by atoms with E-state index in [-0.39, 0.29) is 35.8 Å². The Bertz CT molecular complexity index is 1530. The average molecular weight is 548 g/mol. The van der Waals surface area contributed by atoms with Gasteiger partial charge in [-0.3, -0.25) is 4.90 Å². The molecule has 0 aliphatic carbocycles. The molecular weight excluding hydrogens is 516 g/mol. The molecular formula is C31H31F2N3O4. The highest BCUT2D eigenvalue weighted by Gasteiger charge is 2.27. The molecule has 2 aliphatic heterocycles. The third kappa shape index (κ3) is 5.44. The minimum absolute atomic E-state index is 0.0377. The predicted octanol–water partition coefficient (Wildman–Crippen LogP) is 5.76. The zero-order valence-corrected chi connectivity index (χ0v) is 22.1. The predicted molar refractivity (Wildman–Crippen MR) is 145 cm³/mol. The highest BCUT2D eigenvalue weighted by Crippen LogP contribution is 2.37. The molecule has 0 bridgehead atoms. The molecule has 1 aromatic heterocycles. The lowest BCUT2D eigenvalue weighted by molar-refractivity contribution is -0.0592. The highest BCUT2D eigenvalue weighted by atomic mass is 19.1. The number of para-hydroxylation sites is 1. The van der Waals surface area contributed by atoms with Crippen molar-refractivity contribution in [3.63, 3.8) is 0 Å². The Kier molecular flexibility index (Phi) is 7.49. The van der Waals surface area contributed by atoms with E-state index in [9.17, 15) is 18.7 Å². The number of nitrogens with zero attached hydrogens (tertiary/aromatic N) is 3. The van der Waals surface area contributed by atoms with E-state index in [2.05, 4.69) is 9.47 Å². The van der Waals surface area contributed by atoms with Gasteiger partial charge in [0.15, 0.2) is 11.6 Å². The lowest BCUT2D eigenvalue weighted by atomic mass is 9.88. The monoisotopic (exact) mass is 547 g/mol. The molecule has 0 spiro atoms. The van der Waals surface area contributed by atoms with Gasteiger partial charge in [-0.2, -0.15) is 0 Å². The standard InChI is InChI=1S/C31H31F2N3O4/c32-25-6-2-1-4-22(25)19-40-30-24(5-3-7-26(30)33)20-10-13-35(14-11-20)18-29-34-27-9-8-21(31(37)38)16-28(27)36(29)17-23-12-15-39-23/h1-9,16,20,23H,10-15,17-19H2,(H,37,38)/t23-/m0/s1. The number of piperidine rings is 1. The number of imidazole rings is 1. The molecule has 1 atom stereocenters. The minimum atomic E-state index is -0.965. The number of aromatic nitrogens is 2. The number of rotatable bonds is 9. The van der Waals surface area contributed by atoms with Crippen molar-refractivity contribution < 1.29 is 28.2 Å². The third-order valence-corrected chi connectivity index (χ3v) is 7.97. The first kappa shape index (κ1) is 26.4. The average Bonchev–Trinajstić information content (AvgIpc) is 3.27. The van der Waals surface area contributed by atoms with E-state index < -0.39 is 11.8 Å². The van der Waals surface area contributed by atoms with Crippen molar-refractivity contribution in [2.75, 3.05) is 19.7 Å². The minimum Gasteiger partial charge on any atom is -0.485 e. The molecule has 6 rings (SSSR count). The quantitative estimate of drug-likeness (QED) is 0.287. The first-order chi connectivity index (χ1) is 19.5. The largest absolute Gasteiger partial charge is 0.485 e. The summed E-state index contributed by atoms with van der Waals surface area (Å²) in [6.45, 7) is 3.54. The van der Waals surface area contributed by atoms with Crippen molar-refractivity contribution in [1.82, 2.24) is 14.5 Å². The van der Waals surface area contributed by atoms with Crippen LogP contribution in [-0.4, -0.2) is 51.3 Å². The van der Waals surface area contributed by atoms with Crippen molar-refractivity contribution in [2.45, 2.75) is 51.0 Å². The van der Waals surface area contributed by atoms with Crippen LogP contribution in [0.25, 0.3) is 11.0 Å². The van der Waals surface area contributed by atoms with Gasteiger partial charge in [-0.05, 0) is 68.6 Å². The number of ether oxygens (including phenoxy) is 2. The molecule has 3 heterocycles. The summed E-state index contributed by atoms with van der Waals surface area (Å²) in [6.07, 6.45) is 2.70. The van der Waals surface area contributed by atoms with Crippen LogP contribution in [0.4, 0.5) is 8.78 Å². The molecule has 0 saturated carbocycles. The van der Waals surface area contributed by atoms with Crippen LogP contribution in [0, 0.1) is 11.6 Å². The molecule has 4 aromatic rings. The van der Waals surface area contributed by atoms with Gasteiger partial charge >= 0.3 is 5.97 Å². The van der Waals surface area contributed by atoms with Crippen LogP contribution in [0.15, 0.2) is 60.7 Å². The number of carboxylic acid groups (broad SMARTS) is 1. The van der Waals surface area contributed by atoms with Gasteiger partial charge in [0.2, 0.25) is 0 Å². The summed E-state index contributed by atoms with van der Waals surface area (Å²) in [7, 11) is 0. The highest BCUT2D eigenvalue weighted by molar-refractivity contribution is 5.92. The van der Waals surface area contributed by atoms with Gasteiger partial charge in [-0.15, -0.1) is 0 Å². The molecule has 208 valence electrons. The van der Waals surface area contributed by atoms with Crippen LogP contribution >= 0.6 is 0 Å². The van der Waals surface area contributed by atoms with E-state index in [0.717, 1.165) is 61.4 Å². The van der Waals surface area contributed by atoms with Crippen LogP contribution in [0.1, 0.15) is 52.5 Å². The number of halogens is 2. The molecule has 9 heteroatoms. The maximum atomic E-state index is 14.8. The Hall–Kier alpha value is -3.82. The van der Waals surface area contributed by atoms with Crippen LogP contribution in [0.5, 0.6) is 5.75 Å². The van der Waals surface area contributed by atoms with E-state index in [1.165, 1.54) is 12.1 Å². The van der Waals surface area contributed by atoms with Gasteiger partial charge in [0.05, 0.1) is 35.8 Å². The third-order valence-electron chi connectivity index (χ3n) is 7.97. The maximum absolute atomic E-state index is 14.8. The van der Waals surface area contributed by atoms with Gasteiger partial charge in [-0.25, -0.2) is 18.6 Å². The molecule has 7 nitrogen and oxygen atoms in total. The second-order valence-corrected chi connectivity index (χ2v) is 10.5. The normalized spacial score (nSPS) is 18.1. The number of carboxylic acids is 1. The lowest BCUT2D eigenvalue weighted by Gasteiger charge is -2.33. The number of hydrogen-bond donors (Lipinski definition) is 1. The van der Waals surface area contributed by atoms with E-state index in [1.807, 2.05) is 6.07 Å². The van der Waals surface area contributed by atoms with E-state index in [4.69, 9.17) is 14.5 Å². The Morgan fingerprint density at radius 2 is 1.80 bits per heavy atom. The number of likely N-dealkylation sites (tertiary alicyclic amines) is 1. The smallest absolute Gasteiger partial charge is 0.335 e. The molecule has 40 heavy (non-hydrogen) atoms. The summed E-state index contributed by atoms with van der Waals surface area (Å²) in [5.41, 5.74) is 3.00. The molecule has 0 unspecified atom stereocenters. The second kappa shape index (κ2) is 11.3. The first-order valence-electron chi connectivity index (χ1n) is 13.7. The second-order valence-electron chi connectivity index (χ2n) is 10.5. The number of hydrogen-bond acceptors (Lipinski definition) is 5. The van der Waals surface area contributed by atoms with E-state index in [0.29, 0.717) is 18.7 Å². The lowest BCUT2D eigenvalue weighted by Crippen LogP contribution is -2.35. The molecule has 2 saturated heterocycles. The zero-order valence-electron chi connectivity index (χ0n) is 22.1.